The Bertz CT molecular complexity index is 663. The van der Waals surface area contributed by atoms with Crippen LogP contribution in [0.2, 0.25) is 5.02 Å². The summed E-state index contributed by atoms with van der Waals surface area (Å²) in [6.45, 7) is 4.31. The summed E-state index contributed by atoms with van der Waals surface area (Å²) in [6.07, 6.45) is 2.57. The molecule has 0 radical (unpaired) electrons. The summed E-state index contributed by atoms with van der Waals surface area (Å²) in [7, 11) is 0. The fourth-order valence-corrected chi connectivity index (χ4v) is 2.48. The molecule has 0 amide bonds. The van der Waals surface area contributed by atoms with Gasteiger partial charge in [-0.25, -0.2) is 4.79 Å². The van der Waals surface area contributed by atoms with Crippen molar-refractivity contribution in [1.29, 1.82) is 0 Å². The van der Waals surface area contributed by atoms with Crippen LogP contribution in [0.15, 0.2) is 12.3 Å². The number of carbonyl (C=O) groups is 1. The molecule has 1 aliphatic rings. The summed E-state index contributed by atoms with van der Waals surface area (Å²) in [5.74, 6) is 0.0983. The van der Waals surface area contributed by atoms with Crippen LogP contribution in [0.25, 0.3) is 5.65 Å². The summed E-state index contributed by atoms with van der Waals surface area (Å²) in [4.78, 5) is 11.0. The summed E-state index contributed by atoms with van der Waals surface area (Å²) >= 11 is 6.03. The van der Waals surface area contributed by atoms with Gasteiger partial charge >= 0.3 is 5.97 Å². The minimum absolute atomic E-state index is 0.145. The van der Waals surface area contributed by atoms with Crippen molar-refractivity contribution in [2.45, 2.75) is 26.2 Å². The van der Waals surface area contributed by atoms with E-state index in [1.165, 1.54) is 12.3 Å². The molecule has 0 aromatic carbocycles. The van der Waals surface area contributed by atoms with Crippen LogP contribution in [-0.4, -0.2) is 25.7 Å². The maximum Gasteiger partial charge on any atom is 0.337 e. The quantitative estimate of drug-likeness (QED) is 0.906. The standard InChI is InChI=1S/C12H12ClN3O2/c1-12(2)4-7(12)9-14-15-10-8(13)3-6(11(17)18)5-16(9)10/h3,5,7H,4H2,1-2H3,(H,17,18). The average molecular weight is 266 g/mol. The van der Waals surface area contributed by atoms with Crippen LogP contribution in [0.5, 0.6) is 0 Å². The van der Waals surface area contributed by atoms with E-state index in [0.717, 1.165) is 12.2 Å². The van der Waals surface area contributed by atoms with E-state index in [1.807, 2.05) is 0 Å². The lowest BCUT2D eigenvalue weighted by Gasteiger charge is -2.04. The maximum absolute atomic E-state index is 11.0. The molecule has 0 saturated heterocycles. The normalized spacial score (nSPS) is 21.2. The highest BCUT2D eigenvalue weighted by Crippen LogP contribution is 2.58. The third kappa shape index (κ3) is 1.58. The van der Waals surface area contributed by atoms with Gasteiger partial charge in [0, 0.05) is 12.1 Å². The lowest BCUT2D eigenvalue weighted by Crippen LogP contribution is -2.02. The molecule has 2 heterocycles. The third-order valence-electron chi connectivity index (χ3n) is 3.56. The number of fused-ring (bicyclic) bond motifs is 1. The number of nitrogens with zero attached hydrogens (tertiary/aromatic N) is 3. The molecule has 1 N–H and O–H groups in total. The molecule has 2 aromatic rings. The number of aromatic nitrogens is 3. The predicted octanol–water partition coefficient (Wildman–Crippen LogP) is 2.59. The number of hydrogen-bond donors (Lipinski definition) is 1. The zero-order chi connectivity index (χ0) is 13.1. The van der Waals surface area contributed by atoms with Gasteiger partial charge in [-0.05, 0) is 17.9 Å². The summed E-state index contributed by atoms with van der Waals surface area (Å²) < 4.78 is 1.70. The Kier molecular flexibility index (Phi) is 2.20. The smallest absolute Gasteiger partial charge is 0.337 e. The topological polar surface area (TPSA) is 67.5 Å². The van der Waals surface area contributed by atoms with Crippen LogP contribution in [-0.2, 0) is 0 Å². The van der Waals surface area contributed by atoms with E-state index in [4.69, 9.17) is 16.7 Å². The minimum Gasteiger partial charge on any atom is -0.478 e. The first kappa shape index (κ1) is 11.5. The van der Waals surface area contributed by atoms with Crippen molar-refractivity contribution in [1.82, 2.24) is 14.6 Å². The first-order valence-electron chi connectivity index (χ1n) is 5.67. The number of carboxylic acids is 1. The molecular formula is C12H12ClN3O2. The zero-order valence-corrected chi connectivity index (χ0v) is 10.8. The maximum atomic E-state index is 11.0. The third-order valence-corrected chi connectivity index (χ3v) is 3.84. The molecule has 2 aromatic heterocycles. The SMILES string of the molecule is CC1(C)CC1c1nnc2c(Cl)cc(C(=O)O)cn12. The highest BCUT2D eigenvalue weighted by Gasteiger charge is 2.49. The van der Waals surface area contributed by atoms with Crippen molar-refractivity contribution in [3.63, 3.8) is 0 Å². The number of aromatic carboxylic acids is 1. The Morgan fingerprint density at radius 2 is 2.22 bits per heavy atom. The fourth-order valence-electron chi connectivity index (χ4n) is 2.23. The van der Waals surface area contributed by atoms with Crippen molar-refractivity contribution >= 4 is 23.2 Å². The molecule has 18 heavy (non-hydrogen) atoms. The Morgan fingerprint density at radius 1 is 1.56 bits per heavy atom. The molecular weight excluding hydrogens is 254 g/mol. The number of halogens is 1. The van der Waals surface area contributed by atoms with E-state index >= 15 is 0 Å². The number of hydrogen-bond acceptors (Lipinski definition) is 3. The van der Waals surface area contributed by atoms with Gasteiger partial charge in [-0.15, -0.1) is 10.2 Å². The first-order valence-corrected chi connectivity index (χ1v) is 6.05. The molecule has 1 unspecified atom stereocenters. The number of pyridine rings is 1. The Hall–Kier alpha value is -1.62. The second-order valence-corrected chi connectivity index (χ2v) is 5.79. The Balaban J connectivity index is 2.20. The number of rotatable bonds is 2. The molecule has 0 spiro atoms. The van der Waals surface area contributed by atoms with E-state index < -0.39 is 5.97 Å². The van der Waals surface area contributed by atoms with Crippen LogP contribution >= 0.6 is 11.6 Å². The first-order chi connectivity index (χ1) is 8.40. The Labute approximate surface area is 108 Å². The van der Waals surface area contributed by atoms with Crippen molar-refractivity contribution in [2.75, 3.05) is 0 Å². The number of carboxylic acid groups (broad SMARTS) is 1. The molecule has 1 aliphatic carbocycles. The molecule has 94 valence electrons. The van der Waals surface area contributed by atoms with Gasteiger partial charge in [-0.2, -0.15) is 0 Å². The van der Waals surface area contributed by atoms with Crippen LogP contribution in [0.4, 0.5) is 0 Å². The largest absolute Gasteiger partial charge is 0.478 e. The van der Waals surface area contributed by atoms with Gasteiger partial charge in [0.05, 0.1) is 10.6 Å². The highest BCUT2D eigenvalue weighted by molar-refractivity contribution is 6.33. The van der Waals surface area contributed by atoms with E-state index in [2.05, 4.69) is 24.0 Å². The molecule has 0 aliphatic heterocycles. The monoisotopic (exact) mass is 265 g/mol. The van der Waals surface area contributed by atoms with Crippen LogP contribution in [0.1, 0.15) is 42.4 Å². The second-order valence-electron chi connectivity index (χ2n) is 5.38. The Morgan fingerprint density at radius 3 is 2.78 bits per heavy atom. The van der Waals surface area contributed by atoms with E-state index in [1.54, 1.807) is 4.40 Å². The second kappa shape index (κ2) is 3.45. The van der Waals surface area contributed by atoms with Crippen molar-refractivity contribution in [3.05, 3.63) is 28.7 Å². The minimum atomic E-state index is -1.01. The van der Waals surface area contributed by atoms with Gasteiger partial charge in [0.1, 0.15) is 5.82 Å². The van der Waals surface area contributed by atoms with E-state index in [-0.39, 0.29) is 11.0 Å². The van der Waals surface area contributed by atoms with Crippen molar-refractivity contribution < 1.29 is 9.90 Å². The van der Waals surface area contributed by atoms with Crippen LogP contribution in [0.3, 0.4) is 0 Å². The lowest BCUT2D eigenvalue weighted by atomic mass is 10.1. The van der Waals surface area contributed by atoms with E-state index in [9.17, 15) is 4.79 Å². The molecule has 1 fully saturated rings. The lowest BCUT2D eigenvalue weighted by molar-refractivity contribution is 0.0696. The molecule has 3 rings (SSSR count). The predicted molar refractivity (Wildman–Crippen MR) is 66.1 cm³/mol. The fraction of sp³-hybridized carbons (Fsp3) is 0.417. The van der Waals surface area contributed by atoms with Crippen LogP contribution < -0.4 is 0 Å². The van der Waals surface area contributed by atoms with E-state index in [0.29, 0.717) is 16.6 Å². The van der Waals surface area contributed by atoms with Gasteiger partial charge < -0.3 is 5.11 Å². The summed E-state index contributed by atoms with van der Waals surface area (Å²) in [5.41, 5.74) is 0.862. The molecule has 1 saturated carbocycles. The van der Waals surface area contributed by atoms with Gasteiger partial charge in [0.25, 0.3) is 0 Å². The molecule has 5 nitrogen and oxygen atoms in total. The molecule has 1 atom stereocenters. The van der Waals surface area contributed by atoms with Crippen molar-refractivity contribution in [3.8, 4) is 0 Å². The van der Waals surface area contributed by atoms with Gasteiger partial charge in [0.15, 0.2) is 5.65 Å². The summed E-state index contributed by atoms with van der Waals surface area (Å²) in [5, 5.41) is 17.5. The van der Waals surface area contributed by atoms with Gasteiger partial charge in [-0.3, -0.25) is 4.40 Å². The van der Waals surface area contributed by atoms with Crippen LogP contribution in [0, 0.1) is 5.41 Å². The summed E-state index contributed by atoms with van der Waals surface area (Å²) in [6, 6.07) is 1.40. The molecule has 0 bridgehead atoms. The molecule has 6 heteroatoms. The van der Waals surface area contributed by atoms with Gasteiger partial charge in [-0.1, -0.05) is 25.4 Å². The zero-order valence-electron chi connectivity index (χ0n) is 10.0. The highest BCUT2D eigenvalue weighted by atomic mass is 35.5. The van der Waals surface area contributed by atoms with Gasteiger partial charge in [0.2, 0.25) is 0 Å². The van der Waals surface area contributed by atoms with Crippen molar-refractivity contribution in [2.24, 2.45) is 5.41 Å². The average Bonchev–Trinajstić information content (AvgIpc) is 2.73.